The summed E-state index contributed by atoms with van der Waals surface area (Å²) in [5.74, 6) is 0.257. The number of benzene rings is 2. The smallest absolute Gasteiger partial charge is 0.387 e. The highest BCUT2D eigenvalue weighted by Gasteiger charge is 2.18. The zero-order valence-corrected chi connectivity index (χ0v) is 18.4. The summed E-state index contributed by atoms with van der Waals surface area (Å²) in [6.45, 7) is 0.403. The molecule has 34 heavy (non-hydrogen) atoms. The number of hydrogen-bond acceptors (Lipinski definition) is 6. The number of Topliss-reactive ketones (excluding diaryl/α,β-unsaturated/α-hetero) is 1. The number of carbonyl (C=O) groups is 2. The predicted octanol–water partition coefficient (Wildman–Crippen LogP) is 4.86. The first kappa shape index (κ1) is 23.0. The van der Waals surface area contributed by atoms with Crippen molar-refractivity contribution in [3.8, 4) is 22.9 Å². The van der Waals surface area contributed by atoms with Gasteiger partial charge in [0.15, 0.2) is 18.1 Å². The molecule has 0 fully saturated rings. The number of alkyl halides is 2. The maximum absolute atomic E-state index is 12.7. The van der Waals surface area contributed by atoms with Crippen LogP contribution >= 0.6 is 0 Å². The van der Waals surface area contributed by atoms with E-state index < -0.39 is 19.2 Å². The summed E-state index contributed by atoms with van der Waals surface area (Å²) in [5.41, 5.74) is 3.20. The Morgan fingerprint density at radius 3 is 2.53 bits per heavy atom. The number of esters is 1. The first-order valence-corrected chi connectivity index (χ1v) is 10.3. The molecule has 1 aliphatic rings. The summed E-state index contributed by atoms with van der Waals surface area (Å²) < 4.78 is 46.5. The van der Waals surface area contributed by atoms with Crippen molar-refractivity contribution in [1.29, 1.82) is 0 Å². The SMILES string of the molecule is Cc1cc(C(=O)COC(=O)C=Cc2ccc3c(c2)OCO3)c(C)n1-c1ccc(OC(F)F)cc1. The third kappa shape index (κ3) is 5.09. The summed E-state index contributed by atoms with van der Waals surface area (Å²) in [4.78, 5) is 24.8. The van der Waals surface area contributed by atoms with Crippen LogP contribution in [0.15, 0.2) is 54.6 Å². The Labute approximate surface area is 194 Å². The molecular weight excluding hydrogens is 448 g/mol. The van der Waals surface area contributed by atoms with Gasteiger partial charge in [-0.2, -0.15) is 8.78 Å². The van der Waals surface area contributed by atoms with Crippen molar-refractivity contribution in [3.63, 3.8) is 0 Å². The van der Waals surface area contributed by atoms with E-state index in [1.165, 1.54) is 18.2 Å². The lowest BCUT2D eigenvalue weighted by Crippen LogP contribution is -2.13. The highest BCUT2D eigenvalue weighted by molar-refractivity contribution is 6.00. The number of nitrogens with zero attached hydrogens (tertiary/aromatic N) is 1. The van der Waals surface area contributed by atoms with Gasteiger partial charge in [-0.25, -0.2) is 4.79 Å². The summed E-state index contributed by atoms with van der Waals surface area (Å²) in [7, 11) is 0. The van der Waals surface area contributed by atoms with Crippen molar-refractivity contribution in [3.05, 3.63) is 77.1 Å². The number of rotatable bonds is 8. The van der Waals surface area contributed by atoms with E-state index in [1.807, 2.05) is 6.92 Å². The fourth-order valence-electron chi connectivity index (χ4n) is 3.66. The number of halogens is 2. The van der Waals surface area contributed by atoms with Gasteiger partial charge in [-0.1, -0.05) is 6.07 Å². The number of fused-ring (bicyclic) bond motifs is 1. The Morgan fingerprint density at radius 1 is 1.06 bits per heavy atom. The van der Waals surface area contributed by atoms with Gasteiger partial charge in [0.2, 0.25) is 12.6 Å². The fourth-order valence-corrected chi connectivity index (χ4v) is 3.66. The van der Waals surface area contributed by atoms with Crippen molar-refractivity contribution >= 4 is 17.8 Å². The zero-order valence-electron chi connectivity index (χ0n) is 18.4. The second-order valence-corrected chi connectivity index (χ2v) is 7.47. The molecule has 0 saturated heterocycles. The largest absolute Gasteiger partial charge is 0.454 e. The van der Waals surface area contributed by atoms with Crippen molar-refractivity contribution in [2.24, 2.45) is 0 Å². The second kappa shape index (κ2) is 9.78. The molecule has 0 radical (unpaired) electrons. The normalized spacial score (nSPS) is 12.4. The second-order valence-electron chi connectivity index (χ2n) is 7.47. The van der Waals surface area contributed by atoms with E-state index in [1.54, 1.807) is 54.0 Å². The van der Waals surface area contributed by atoms with Gasteiger partial charge in [0.1, 0.15) is 5.75 Å². The van der Waals surface area contributed by atoms with Crippen LogP contribution in [0.1, 0.15) is 27.3 Å². The van der Waals surface area contributed by atoms with Gasteiger partial charge in [0.25, 0.3) is 0 Å². The fraction of sp³-hybridized carbons (Fsp3) is 0.200. The molecule has 4 rings (SSSR count). The van der Waals surface area contributed by atoms with E-state index >= 15 is 0 Å². The average molecular weight is 469 g/mol. The molecule has 1 aromatic heterocycles. The van der Waals surface area contributed by atoms with Crippen LogP contribution in [0.2, 0.25) is 0 Å². The third-order valence-corrected chi connectivity index (χ3v) is 5.21. The Hall–Kier alpha value is -4.14. The molecule has 2 aromatic carbocycles. The van der Waals surface area contributed by atoms with E-state index in [0.29, 0.717) is 28.4 Å². The third-order valence-electron chi connectivity index (χ3n) is 5.21. The lowest BCUT2D eigenvalue weighted by Gasteiger charge is -2.11. The summed E-state index contributed by atoms with van der Waals surface area (Å²) in [6, 6.07) is 13.0. The minimum absolute atomic E-state index is 0.0400. The van der Waals surface area contributed by atoms with Crippen molar-refractivity contribution < 1.29 is 37.3 Å². The standard InChI is InChI=1S/C25H21F2NO6/c1-15-11-20(16(2)28(15)18-5-7-19(8-6-18)34-25(26)27)21(29)13-31-24(30)10-4-17-3-9-22-23(12-17)33-14-32-22/h3-12,25H,13-14H2,1-2H3. The van der Waals surface area contributed by atoms with Crippen LogP contribution in [-0.2, 0) is 9.53 Å². The summed E-state index contributed by atoms with van der Waals surface area (Å²) in [6.07, 6.45) is 2.79. The number of ketones is 1. The molecular formula is C25H21F2NO6. The molecule has 0 saturated carbocycles. The average Bonchev–Trinajstić information content (AvgIpc) is 3.39. The van der Waals surface area contributed by atoms with Crippen LogP contribution < -0.4 is 14.2 Å². The van der Waals surface area contributed by atoms with Crippen LogP contribution in [0.5, 0.6) is 17.2 Å². The molecule has 0 unspecified atom stereocenters. The Morgan fingerprint density at radius 2 is 1.79 bits per heavy atom. The van der Waals surface area contributed by atoms with Gasteiger partial charge in [0.05, 0.1) is 0 Å². The topological polar surface area (TPSA) is 76.0 Å². The Kier molecular flexibility index (Phi) is 6.62. The van der Waals surface area contributed by atoms with Crippen molar-refractivity contribution in [1.82, 2.24) is 4.57 Å². The zero-order chi connectivity index (χ0) is 24.2. The van der Waals surface area contributed by atoms with E-state index in [0.717, 1.165) is 11.3 Å². The minimum atomic E-state index is -2.90. The highest BCUT2D eigenvalue weighted by atomic mass is 19.3. The van der Waals surface area contributed by atoms with Gasteiger partial charge >= 0.3 is 12.6 Å². The molecule has 0 N–H and O–H groups in total. The summed E-state index contributed by atoms with van der Waals surface area (Å²) in [5, 5.41) is 0. The predicted molar refractivity (Wildman–Crippen MR) is 119 cm³/mol. The number of ether oxygens (including phenoxy) is 4. The molecule has 9 heteroatoms. The van der Waals surface area contributed by atoms with E-state index in [2.05, 4.69) is 4.74 Å². The van der Waals surface area contributed by atoms with Gasteiger partial charge in [-0.05, 0) is 68.0 Å². The maximum Gasteiger partial charge on any atom is 0.387 e. The highest BCUT2D eigenvalue weighted by Crippen LogP contribution is 2.32. The van der Waals surface area contributed by atoms with Gasteiger partial charge in [0, 0.05) is 28.7 Å². The van der Waals surface area contributed by atoms with Crippen LogP contribution in [-0.4, -0.2) is 36.3 Å². The summed E-state index contributed by atoms with van der Waals surface area (Å²) >= 11 is 0. The number of aryl methyl sites for hydroxylation is 1. The first-order chi connectivity index (χ1) is 16.3. The molecule has 0 aliphatic carbocycles. The molecule has 3 aromatic rings. The molecule has 7 nitrogen and oxygen atoms in total. The molecule has 0 spiro atoms. The molecule has 2 heterocycles. The number of carbonyl (C=O) groups excluding carboxylic acids is 2. The Balaban J connectivity index is 1.39. The van der Waals surface area contributed by atoms with E-state index in [-0.39, 0.29) is 18.3 Å². The molecule has 0 atom stereocenters. The lowest BCUT2D eigenvalue weighted by atomic mass is 10.1. The van der Waals surface area contributed by atoms with E-state index in [4.69, 9.17) is 14.2 Å². The molecule has 1 aliphatic heterocycles. The van der Waals surface area contributed by atoms with Gasteiger partial charge < -0.3 is 23.5 Å². The van der Waals surface area contributed by atoms with Crippen LogP contribution in [0.4, 0.5) is 8.78 Å². The van der Waals surface area contributed by atoms with Crippen LogP contribution in [0, 0.1) is 13.8 Å². The molecule has 0 amide bonds. The Bertz CT molecular complexity index is 1250. The quantitative estimate of drug-likeness (QED) is 0.266. The minimum Gasteiger partial charge on any atom is -0.454 e. The van der Waals surface area contributed by atoms with Crippen LogP contribution in [0.3, 0.4) is 0 Å². The molecule has 0 bridgehead atoms. The van der Waals surface area contributed by atoms with Crippen LogP contribution in [0.25, 0.3) is 11.8 Å². The lowest BCUT2D eigenvalue weighted by molar-refractivity contribution is -0.136. The molecule has 176 valence electrons. The van der Waals surface area contributed by atoms with Crippen molar-refractivity contribution in [2.75, 3.05) is 13.4 Å². The number of aromatic nitrogens is 1. The van der Waals surface area contributed by atoms with Crippen molar-refractivity contribution in [2.45, 2.75) is 20.5 Å². The van der Waals surface area contributed by atoms with E-state index in [9.17, 15) is 18.4 Å². The monoisotopic (exact) mass is 469 g/mol. The first-order valence-electron chi connectivity index (χ1n) is 10.3. The maximum atomic E-state index is 12.7. The van der Waals surface area contributed by atoms with Gasteiger partial charge in [-0.3, -0.25) is 4.79 Å². The number of hydrogen-bond donors (Lipinski definition) is 0. The van der Waals surface area contributed by atoms with Gasteiger partial charge in [-0.15, -0.1) is 0 Å².